The molecular weight excluding hydrogens is 375 g/mol. The number of carbonyl (C=O) groups is 1. The fourth-order valence-electron chi connectivity index (χ4n) is 1.96. The summed E-state index contributed by atoms with van der Waals surface area (Å²) in [5.41, 5.74) is 0.759. The van der Waals surface area contributed by atoms with Gasteiger partial charge in [-0.15, -0.1) is 0 Å². The molecule has 2 aromatic carbocycles. The molecule has 0 unspecified atom stereocenters. The lowest BCUT2D eigenvalue weighted by Gasteiger charge is -2.13. The number of hydrogen-bond acceptors (Lipinski definition) is 4. The Morgan fingerprint density at radius 2 is 1.62 bits per heavy atom. The van der Waals surface area contributed by atoms with Crippen molar-refractivity contribution in [2.75, 3.05) is 23.4 Å². The number of para-hydroxylation sites is 2. The molecule has 128 valence electrons. The Kier molecular flexibility index (Phi) is 5.58. The van der Waals surface area contributed by atoms with Crippen LogP contribution in [0.15, 0.2) is 36.4 Å². The number of anilines is 2. The van der Waals surface area contributed by atoms with Crippen LogP contribution in [0.1, 0.15) is 10.4 Å². The third-order valence-electron chi connectivity index (χ3n) is 2.94. The van der Waals surface area contributed by atoms with Crippen molar-refractivity contribution in [1.29, 1.82) is 0 Å². The Balaban J connectivity index is 2.31. The van der Waals surface area contributed by atoms with E-state index < -0.39 is 15.9 Å². The lowest BCUT2D eigenvalue weighted by molar-refractivity contribution is 0.102. The molecule has 0 aliphatic heterocycles. The highest BCUT2D eigenvalue weighted by Crippen LogP contribution is 2.34. The van der Waals surface area contributed by atoms with Crippen molar-refractivity contribution >= 4 is 50.5 Å². The Bertz CT molecular complexity index is 862. The highest BCUT2D eigenvalue weighted by molar-refractivity contribution is 7.92. The second kappa shape index (κ2) is 7.29. The number of carbonyl (C=O) groups excluding carboxylic acids is 1. The summed E-state index contributed by atoms with van der Waals surface area (Å²) in [5.74, 6) is -0.224. The van der Waals surface area contributed by atoms with E-state index in [1.54, 1.807) is 18.2 Å². The summed E-state index contributed by atoms with van der Waals surface area (Å²) < 4.78 is 30.2. The van der Waals surface area contributed by atoms with Crippen molar-refractivity contribution in [2.45, 2.75) is 0 Å². The first-order valence-corrected chi connectivity index (χ1v) is 9.27. The predicted octanol–water partition coefficient (Wildman–Crippen LogP) is 3.63. The van der Waals surface area contributed by atoms with Crippen LogP contribution in [0.2, 0.25) is 10.0 Å². The second-order valence-corrected chi connectivity index (χ2v) is 7.41. The first kappa shape index (κ1) is 18.4. The van der Waals surface area contributed by atoms with Gasteiger partial charge in [0, 0.05) is 5.56 Å². The van der Waals surface area contributed by atoms with Gasteiger partial charge < -0.3 is 10.1 Å². The number of sulfonamides is 1. The highest BCUT2D eigenvalue weighted by atomic mass is 35.5. The van der Waals surface area contributed by atoms with Gasteiger partial charge in [0.05, 0.1) is 34.8 Å². The summed E-state index contributed by atoms with van der Waals surface area (Å²) in [6, 6.07) is 9.23. The zero-order valence-electron chi connectivity index (χ0n) is 12.8. The van der Waals surface area contributed by atoms with Crippen molar-refractivity contribution in [3.05, 3.63) is 52.0 Å². The molecule has 0 aliphatic carbocycles. The smallest absolute Gasteiger partial charge is 0.255 e. The Labute approximate surface area is 149 Å². The molecule has 0 bridgehead atoms. The molecule has 2 aromatic rings. The van der Waals surface area contributed by atoms with Gasteiger partial charge in [-0.25, -0.2) is 8.42 Å². The number of benzene rings is 2. The number of amides is 1. The van der Waals surface area contributed by atoms with Crippen molar-refractivity contribution < 1.29 is 17.9 Å². The first-order chi connectivity index (χ1) is 11.2. The van der Waals surface area contributed by atoms with Gasteiger partial charge in [0.15, 0.2) is 5.75 Å². The topological polar surface area (TPSA) is 84.5 Å². The van der Waals surface area contributed by atoms with E-state index >= 15 is 0 Å². The normalized spacial score (nSPS) is 11.0. The van der Waals surface area contributed by atoms with Crippen molar-refractivity contribution in [3.63, 3.8) is 0 Å². The largest absolute Gasteiger partial charge is 0.494 e. The van der Waals surface area contributed by atoms with Crippen LogP contribution in [-0.2, 0) is 10.0 Å². The molecule has 6 nitrogen and oxygen atoms in total. The maximum Gasteiger partial charge on any atom is 0.255 e. The highest BCUT2D eigenvalue weighted by Gasteiger charge is 2.15. The van der Waals surface area contributed by atoms with E-state index in [2.05, 4.69) is 10.0 Å². The fourth-order valence-corrected chi connectivity index (χ4v) is 3.18. The molecule has 0 aliphatic rings. The molecule has 2 N–H and O–H groups in total. The van der Waals surface area contributed by atoms with Crippen LogP contribution in [-0.4, -0.2) is 27.7 Å². The van der Waals surface area contributed by atoms with Gasteiger partial charge in [-0.2, -0.15) is 0 Å². The second-order valence-electron chi connectivity index (χ2n) is 4.85. The zero-order valence-corrected chi connectivity index (χ0v) is 15.1. The van der Waals surface area contributed by atoms with E-state index in [9.17, 15) is 13.2 Å². The van der Waals surface area contributed by atoms with E-state index in [0.29, 0.717) is 5.69 Å². The number of hydrogen-bond donors (Lipinski definition) is 2. The first-order valence-electron chi connectivity index (χ1n) is 6.62. The minimum atomic E-state index is -3.48. The Morgan fingerprint density at radius 1 is 1.08 bits per heavy atom. The monoisotopic (exact) mass is 388 g/mol. The Morgan fingerprint density at radius 3 is 2.12 bits per heavy atom. The number of nitrogens with one attached hydrogen (secondary N) is 2. The SMILES string of the molecule is COc1c(Cl)cc(C(=O)Nc2ccccc2NS(C)(=O)=O)cc1Cl. The molecule has 0 saturated heterocycles. The lowest BCUT2D eigenvalue weighted by Crippen LogP contribution is -2.16. The molecule has 0 atom stereocenters. The van der Waals surface area contributed by atoms with Crippen LogP contribution < -0.4 is 14.8 Å². The maximum absolute atomic E-state index is 12.4. The van der Waals surface area contributed by atoms with Crippen molar-refractivity contribution in [1.82, 2.24) is 0 Å². The van der Waals surface area contributed by atoms with Gasteiger partial charge in [0.1, 0.15) is 0 Å². The summed E-state index contributed by atoms with van der Waals surface area (Å²) in [4.78, 5) is 12.4. The molecule has 0 fully saturated rings. The summed E-state index contributed by atoms with van der Waals surface area (Å²) in [7, 11) is -2.07. The van der Waals surface area contributed by atoms with Gasteiger partial charge in [0.2, 0.25) is 10.0 Å². The molecule has 0 aromatic heterocycles. The maximum atomic E-state index is 12.4. The zero-order chi connectivity index (χ0) is 17.9. The standard InChI is InChI=1S/C15H14Cl2N2O4S/c1-23-14-10(16)7-9(8-11(14)17)15(20)18-12-5-3-4-6-13(12)19-24(2,21)22/h3-8,19H,1-2H3,(H,18,20). The van der Waals surface area contributed by atoms with E-state index in [4.69, 9.17) is 27.9 Å². The molecule has 1 amide bonds. The van der Waals surface area contributed by atoms with Crippen molar-refractivity contribution in [3.8, 4) is 5.75 Å². The quantitative estimate of drug-likeness (QED) is 0.818. The molecule has 24 heavy (non-hydrogen) atoms. The number of rotatable bonds is 5. The average Bonchev–Trinajstić information content (AvgIpc) is 2.47. The van der Waals surface area contributed by atoms with Crippen LogP contribution in [0.3, 0.4) is 0 Å². The summed E-state index contributed by atoms with van der Waals surface area (Å²) in [6.07, 6.45) is 1.02. The molecule has 0 saturated carbocycles. The van der Waals surface area contributed by atoms with Gasteiger partial charge in [-0.05, 0) is 24.3 Å². The molecule has 0 radical (unpaired) electrons. The predicted molar refractivity (Wildman–Crippen MR) is 95.9 cm³/mol. The summed E-state index contributed by atoms with van der Waals surface area (Å²) in [5, 5.41) is 3.00. The molecule has 0 spiro atoms. The number of ether oxygens (including phenoxy) is 1. The van der Waals surface area contributed by atoms with Gasteiger partial charge in [-0.1, -0.05) is 35.3 Å². The minimum absolute atomic E-state index is 0.192. The van der Waals surface area contributed by atoms with Crippen LogP contribution in [0, 0.1) is 0 Å². The van der Waals surface area contributed by atoms with Gasteiger partial charge in [-0.3, -0.25) is 9.52 Å². The fraction of sp³-hybridized carbons (Fsp3) is 0.133. The third-order valence-corrected chi connectivity index (χ3v) is 4.09. The summed E-state index contributed by atoms with van der Waals surface area (Å²) in [6.45, 7) is 0. The molecule has 2 rings (SSSR count). The molecule has 0 heterocycles. The lowest BCUT2D eigenvalue weighted by atomic mass is 10.2. The third kappa shape index (κ3) is 4.53. The van der Waals surface area contributed by atoms with E-state index in [1.807, 2.05) is 0 Å². The van der Waals surface area contributed by atoms with E-state index in [1.165, 1.54) is 25.3 Å². The van der Waals surface area contributed by atoms with Crippen LogP contribution >= 0.6 is 23.2 Å². The molecule has 9 heteroatoms. The average molecular weight is 389 g/mol. The van der Waals surface area contributed by atoms with Crippen LogP contribution in [0.25, 0.3) is 0 Å². The van der Waals surface area contributed by atoms with Crippen molar-refractivity contribution in [2.24, 2.45) is 0 Å². The Hall–Kier alpha value is -1.96. The van der Waals surface area contributed by atoms with E-state index in [-0.39, 0.29) is 27.0 Å². The van der Waals surface area contributed by atoms with E-state index in [0.717, 1.165) is 6.26 Å². The van der Waals surface area contributed by atoms with Crippen LogP contribution in [0.5, 0.6) is 5.75 Å². The molecular formula is C15H14Cl2N2O4S. The number of halogens is 2. The minimum Gasteiger partial charge on any atom is -0.494 e. The van der Waals surface area contributed by atoms with Gasteiger partial charge >= 0.3 is 0 Å². The van der Waals surface area contributed by atoms with Crippen LogP contribution in [0.4, 0.5) is 11.4 Å². The van der Waals surface area contributed by atoms with Gasteiger partial charge in [0.25, 0.3) is 5.91 Å². The number of methoxy groups -OCH3 is 1. The summed E-state index contributed by atoms with van der Waals surface area (Å²) >= 11 is 12.0.